The predicted molar refractivity (Wildman–Crippen MR) is 86.1 cm³/mol. The summed E-state index contributed by atoms with van der Waals surface area (Å²) in [7, 11) is 1.66. The van der Waals surface area contributed by atoms with E-state index in [9.17, 15) is 0 Å². The van der Waals surface area contributed by atoms with Crippen LogP contribution in [0.25, 0.3) is 16.9 Å². The standard InChI is InChI=1S/C15H12IN3O/c1-20-13-10-6-5-9-12(13)19-14(15(16)17-18-19)11-7-3-2-4-8-11/h2-10H,1H3. The fraction of sp³-hybridized carbons (Fsp3) is 0.0667. The molecule has 0 aliphatic rings. The van der Waals surface area contributed by atoms with E-state index >= 15 is 0 Å². The zero-order valence-corrected chi connectivity index (χ0v) is 13.0. The van der Waals surface area contributed by atoms with Crippen molar-refractivity contribution in [1.29, 1.82) is 0 Å². The van der Waals surface area contributed by atoms with Crippen molar-refractivity contribution in [2.45, 2.75) is 0 Å². The third kappa shape index (κ3) is 2.29. The largest absolute Gasteiger partial charge is 0.494 e. The molecule has 3 aromatic rings. The first-order chi connectivity index (χ1) is 9.81. The van der Waals surface area contributed by atoms with E-state index in [0.717, 1.165) is 26.4 Å². The number of hydrogen-bond acceptors (Lipinski definition) is 3. The van der Waals surface area contributed by atoms with Crippen LogP contribution in [0.2, 0.25) is 0 Å². The second-order valence-electron chi connectivity index (χ2n) is 4.18. The number of rotatable bonds is 3. The van der Waals surface area contributed by atoms with Gasteiger partial charge in [0.1, 0.15) is 17.1 Å². The minimum absolute atomic E-state index is 0.769. The Balaban J connectivity index is 2.22. The summed E-state index contributed by atoms with van der Waals surface area (Å²) >= 11 is 2.20. The van der Waals surface area contributed by atoms with E-state index in [0.29, 0.717) is 0 Å². The zero-order chi connectivity index (χ0) is 13.9. The summed E-state index contributed by atoms with van der Waals surface area (Å²) in [6.45, 7) is 0. The fourth-order valence-corrected chi connectivity index (χ4v) is 2.71. The van der Waals surface area contributed by atoms with Crippen molar-refractivity contribution >= 4 is 22.6 Å². The molecular formula is C15H12IN3O. The van der Waals surface area contributed by atoms with E-state index in [1.807, 2.05) is 59.3 Å². The van der Waals surface area contributed by atoms with Gasteiger partial charge in [-0.1, -0.05) is 47.7 Å². The normalized spacial score (nSPS) is 10.5. The predicted octanol–water partition coefficient (Wildman–Crippen LogP) is 3.55. The first-order valence-corrected chi connectivity index (χ1v) is 7.19. The van der Waals surface area contributed by atoms with Crippen LogP contribution < -0.4 is 4.74 Å². The van der Waals surface area contributed by atoms with Gasteiger partial charge in [0.15, 0.2) is 3.70 Å². The van der Waals surface area contributed by atoms with Gasteiger partial charge in [0.2, 0.25) is 0 Å². The Kier molecular flexibility index (Phi) is 3.68. The molecule has 0 aliphatic carbocycles. The Hall–Kier alpha value is -1.89. The molecule has 0 fully saturated rings. The van der Waals surface area contributed by atoms with E-state index in [1.54, 1.807) is 7.11 Å². The van der Waals surface area contributed by atoms with Crippen molar-refractivity contribution in [3.05, 3.63) is 58.3 Å². The molecule has 3 rings (SSSR count). The fourth-order valence-electron chi connectivity index (χ4n) is 2.07. The topological polar surface area (TPSA) is 39.9 Å². The van der Waals surface area contributed by atoms with Crippen LogP contribution in [0.5, 0.6) is 5.75 Å². The van der Waals surface area contributed by atoms with Crippen LogP contribution >= 0.6 is 22.6 Å². The highest BCUT2D eigenvalue weighted by Gasteiger charge is 2.16. The summed E-state index contributed by atoms with van der Waals surface area (Å²) in [6.07, 6.45) is 0. The van der Waals surface area contributed by atoms with Crippen LogP contribution in [0.4, 0.5) is 0 Å². The molecule has 0 radical (unpaired) electrons. The van der Waals surface area contributed by atoms with Crippen molar-refractivity contribution in [3.63, 3.8) is 0 Å². The van der Waals surface area contributed by atoms with Gasteiger partial charge in [0, 0.05) is 5.56 Å². The second kappa shape index (κ2) is 5.62. The number of halogens is 1. The highest BCUT2D eigenvalue weighted by molar-refractivity contribution is 14.1. The number of benzene rings is 2. The number of methoxy groups -OCH3 is 1. The van der Waals surface area contributed by atoms with Crippen molar-refractivity contribution in [2.24, 2.45) is 0 Å². The van der Waals surface area contributed by atoms with E-state index in [2.05, 4.69) is 32.9 Å². The molecule has 4 nitrogen and oxygen atoms in total. The Morgan fingerprint density at radius 2 is 1.70 bits per heavy atom. The molecule has 20 heavy (non-hydrogen) atoms. The lowest BCUT2D eigenvalue weighted by molar-refractivity contribution is 0.411. The average molecular weight is 377 g/mol. The molecule has 5 heteroatoms. The summed E-state index contributed by atoms with van der Waals surface area (Å²) in [5.74, 6) is 0.769. The Morgan fingerprint density at radius 1 is 1.00 bits per heavy atom. The smallest absolute Gasteiger partial charge is 0.151 e. The Morgan fingerprint density at radius 3 is 2.45 bits per heavy atom. The third-order valence-corrected chi connectivity index (χ3v) is 3.72. The molecule has 0 atom stereocenters. The Labute approximate surface area is 130 Å². The summed E-state index contributed by atoms with van der Waals surface area (Å²) < 4.78 is 8.09. The lowest BCUT2D eigenvalue weighted by Crippen LogP contribution is -2.02. The molecule has 1 aromatic heterocycles. The van der Waals surface area contributed by atoms with E-state index in [1.165, 1.54) is 0 Å². The van der Waals surface area contributed by atoms with Crippen molar-refractivity contribution in [2.75, 3.05) is 7.11 Å². The van der Waals surface area contributed by atoms with Crippen LogP contribution in [0, 0.1) is 3.70 Å². The molecule has 100 valence electrons. The SMILES string of the molecule is COc1ccccc1-n1nnc(I)c1-c1ccccc1. The second-order valence-corrected chi connectivity index (χ2v) is 5.20. The molecule has 0 unspecified atom stereocenters. The van der Waals surface area contributed by atoms with Crippen LogP contribution in [-0.4, -0.2) is 22.1 Å². The molecule has 0 aliphatic heterocycles. The van der Waals surface area contributed by atoms with E-state index < -0.39 is 0 Å². The molecule has 0 amide bonds. The number of aromatic nitrogens is 3. The minimum Gasteiger partial charge on any atom is -0.494 e. The Bertz CT molecular complexity index is 725. The minimum atomic E-state index is 0.769. The van der Waals surface area contributed by atoms with Crippen LogP contribution in [0.1, 0.15) is 0 Å². The average Bonchev–Trinajstić information content (AvgIpc) is 2.89. The molecule has 0 spiro atoms. The van der Waals surface area contributed by atoms with Gasteiger partial charge >= 0.3 is 0 Å². The maximum atomic E-state index is 5.41. The lowest BCUT2D eigenvalue weighted by atomic mass is 10.1. The van der Waals surface area contributed by atoms with Gasteiger partial charge in [0.05, 0.1) is 7.11 Å². The quantitative estimate of drug-likeness (QED) is 0.656. The molecule has 1 heterocycles. The first kappa shape index (κ1) is 13.1. The molecule has 0 saturated heterocycles. The molecule has 0 saturated carbocycles. The highest BCUT2D eigenvalue weighted by Crippen LogP contribution is 2.29. The summed E-state index contributed by atoms with van der Waals surface area (Å²) in [5, 5.41) is 8.44. The van der Waals surface area contributed by atoms with Gasteiger partial charge < -0.3 is 4.74 Å². The van der Waals surface area contributed by atoms with Crippen molar-refractivity contribution < 1.29 is 4.74 Å². The molecule has 0 bridgehead atoms. The van der Waals surface area contributed by atoms with Gasteiger partial charge in [-0.2, -0.15) is 0 Å². The monoisotopic (exact) mass is 377 g/mol. The number of nitrogens with zero attached hydrogens (tertiary/aromatic N) is 3. The van der Waals surface area contributed by atoms with Crippen molar-refractivity contribution in [3.8, 4) is 22.7 Å². The van der Waals surface area contributed by atoms with Gasteiger partial charge in [-0.05, 0) is 34.7 Å². The number of ether oxygens (including phenoxy) is 1. The van der Waals surface area contributed by atoms with Crippen molar-refractivity contribution in [1.82, 2.24) is 15.0 Å². The summed E-state index contributed by atoms with van der Waals surface area (Å²) in [6, 6.07) is 17.9. The summed E-state index contributed by atoms with van der Waals surface area (Å²) in [5.41, 5.74) is 2.92. The third-order valence-electron chi connectivity index (χ3n) is 2.99. The number of hydrogen-bond donors (Lipinski definition) is 0. The maximum Gasteiger partial charge on any atom is 0.151 e. The van der Waals surface area contributed by atoms with E-state index in [-0.39, 0.29) is 0 Å². The summed E-state index contributed by atoms with van der Waals surface area (Å²) in [4.78, 5) is 0. The van der Waals surface area contributed by atoms with Gasteiger partial charge in [-0.3, -0.25) is 0 Å². The van der Waals surface area contributed by atoms with Gasteiger partial charge in [0.25, 0.3) is 0 Å². The van der Waals surface area contributed by atoms with Crippen LogP contribution in [0.3, 0.4) is 0 Å². The maximum absolute atomic E-state index is 5.41. The first-order valence-electron chi connectivity index (χ1n) is 6.11. The van der Waals surface area contributed by atoms with Crippen LogP contribution in [0.15, 0.2) is 54.6 Å². The number of para-hydroxylation sites is 2. The zero-order valence-electron chi connectivity index (χ0n) is 10.8. The van der Waals surface area contributed by atoms with Gasteiger partial charge in [-0.15, -0.1) is 5.10 Å². The van der Waals surface area contributed by atoms with E-state index in [4.69, 9.17) is 4.74 Å². The molecular weight excluding hydrogens is 365 g/mol. The van der Waals surface area contributed by atoms with Crippen LogP contribution in [-0.2, 0) is 0 Å². The highest BCUT2D eigenvalue weighted by atomic mass is 127. The van der Waals surface area contributed by atoms with Gasteiger partial charge in [-0.25, -0.2) is 4.68 Å². The lowest BCUT2D eigenvalue weighted by Gasteiger charge is -2.10. The molecule has 2 aromatic carbocycles. The molecule has 0 N–H and O–H groups in total.